The highest BCUT2D eigenvalue weighted by Crippen LogP contribution is 2.31. The zero-order chi connectivity index (χ0) is 28.6. The molecule has 0 aliphatic carbocycles. The molecule has 0 fully saturated rings. The molecule has 5 rings (SSSR count). The molecular weight excluding hydrogens is 535 g/mol. The molecule has 3 N–H and O–H groups in total. The lowest BCUT2D eigenvalue weighted by Gasteiger charge is -2.12. The summed E-state index contributed by atoms with van der Waals surface area (Å²) in [6.45, 7) is 0.720. The fourth-order valence-electron chi connectivity index (χ4n) is 4.34. The Morgan fingerprint density at radius 2 is 1.85 bits per heavy atom. The summed E-state index contributed by atoms with van der Waals surface area (Å²) >= 11 is 0. The van der Waals surface area contributed by atoms with Gasteiger partial charge in [-0.1, -0.05) is 23.4 Å². The molecule has 10 nitrogen and oxygen atoms in total. The Kier molecular flexibility index (Phi) is 7.13. The van der Waals surface area contributed by atoms with E-state index in [0.29, 0.717) is 28.8 Å². The fourth-order valence-corrected chi connectivity index (χ4v) is 5.25. The van der Waals surface area contributed by atoms with Gasteiger partial charge in [0.1, 0.15) is 11.5 Å². The number of nitrogens with zero attached hydrogens (tertiary/aromatic N) is 4. The van der Waals surface area contributed by atoms with Crippen LogP contribution in [0.3, 0.4) is 0 Å². The van der Waals surface area contributed by atoms with Crippen LogP contribution in [-0.4, -0.2) is 61.1 Å². The summed E-state index contributed by atoms with van der Waals surface area (Å²) in [4.78, 5) is 15.5. The summed E-state index contributed by atoms with van der Waals surface area (Å²) in [6, 6.07) is 17.2. The van der Waals surface area contributed by atoms with Gasteiger partial charge in [-0.2, -0.15) is 5.10 Å². The molecule has 0 saturated carbocycles. The molecule has 2 aromatic heterocycles. The average Bonchev–Trinajstić information content (AvgIpc) is 3.51. The van der Waals surface area contributed by atoms with E-state index in [1.165, 1.54) is 22.9 Å². The van der Waals surface area contributed by atoms with Gasteiger partial charge in [0.05, 0.1) is 21.7 Å². The predicted octanol–water partition coefficient (Wildman–Crippen LogP) is 4.16. The quantitative estimate of drug-likeness (QED) is 0.288. The Morgan fingerprint density at radius 3 is 2.58 bits per heavy atom. The van der Waals surface area contributed by atoms with Gasteiger partial charge in [0, 0.05) is 36.0 Å². The van der Waals surface area contributed by atoms with Crippen LogP contribution in [0.5, 0.6) is 0 Å². The van der Waals surface area contributed by atoms with E-state index in [1.54, 1.807) is 42.5 Å². The van der Waals surface area contributed by atoms with Crippen molar-refractivity contribution in [1.82, 2.24) is 19.8 Å². The smallest absolute Gasteiger partial charge is 0.274 e. The number of aromatic nitrogens is 3. The van der Waals surface area contributed by atoms with Gasteiger partial charge < -0.3 is 20.5 Å². The van der Waals surface area contributed by atoms with E-state index < -0.39 is 21.6 Å². The Bertz CT molecular complexity index is 1840. The van der Waals surface area contributed by atoms with Crippen molar-refractivity contribution in [3.63, 3.8) is 0 Å². The first-order chi connectivity index (χ1) is 19.0. The van der Waals surface area contributed by atoms with Gasteiger partial charge >= 0.3 is 0 Å². The van der Waals surface area contributed by atoms with E-state index in [4.69, 9.17) is 10.3 Å². The van der Waals surface area contributed by atoms with Crippen LogP contribution in [0.4, 0.5) is 15.9 Å². The molecular formula is C28H27FN6O4S. The minimum absolute atomic E-state index is 0.0188. The zero-order valence-electron chi connectivity index (χ0n) is 22.1. The van der Waals surface area contributed by atoms with Crippen LogP contribution in [0, 0.1) is 5.82 Å². The number of benzene rings is 3. The predicted molar refractivity (Wildman–Crippen MR) is 151 cm³/mol. The molecule has 0 saturated heterocycles. The third-order valence-corrected chi connectivity index (χ3v) is 7.49. The van der Waals surface area contributed by atoms with Crippen molar-refractivity contribution < 1.29 is 22.1 Å². The molecule has 0 aliphatic rings. The van der Waals surface area contributed by atoms with E-state index in [9.17, 15) is 13.2 Å². The number of amides is 1. The van der Waals surface area contributed by atoms with Gasteiger partial charge in [0.2, 0.25) is 0 Å². The van der Waals surface area contributed by atoms with Crippen LogP contribution < -0.4 is 11.1 Å². The second-order valence-corrected chi connectivity index (χ2v) is 11.6. The van der Waals surface area contributed by atoms with Gasteiger partial charge in [-0.05, 0) is 62.6 Å². The Hall–Kier alpha value is -4.55. The molecule has 206 valence electrons. The number of nitrogen functional groups attached to an aromatic ring is 1. The molecule has 5 aromatic rings. The van der Waals surface area contributed by atoms with Crippen molar-refractivity contribution in [1.29, 1.82) is 0 Å². The lowest BCUT2D eigenvalue weighted by Crippen LogP contribution is -2.17. The first-order valence-electron chi connectivity index (χ1n) is 12.3. The van der Waals surface area contributed by atoms with Gasteiger partial charge in [0.15, 0.2) is 21.2 Å². The van der Waals surface area contributed by atoms with Crippen LogP contribution in [0.2, 0.25) is 0 Å². The highest BCUT2D eigenvalue weighted by molar-refractivity contribution is 7.90. The molecule has 0 unspecified atom stereocenters. The molecule has 12 heteroatoms. The van der Waals surface area contributed by atoms with E-state index in [1.807, 2.05) is 19.0 Å². The molecule has 0 atom stereocenters. The summed E-state index contributed by atoms with van der Waals surface area (Å²) in [6.07, 6.45) is 1.67. The van der Waals surface area contributed by atoms with Crippen LogP contribution >= 0.6 is 0 Å². The molecule has 0 bridgehead atoms. The van der Waals surface area contributed by atoms with Crippen LogP contribution in [0.25, 0.3) is 27.8 Å². The van der Waals surface area contributed by atoms with E-state index in [0.717, 1.165) is 18.9 Å². The van der Waals surface area contributed by atoms with E-state index >= 15 is 4.39 Å². The highest BCUT2D eigenvalue weighted by atomic mass is 32.2. The maximum Gasteiger partial charge on any atom is 0.274 e. The van der Waals surface area contributed by atoms with Gasteiger partial charge in [-0.15, -0.1) is 0 Å². The molecule has 2 heterocycles. The maximum absolute atomic E-state index is 15.2. The molecule has 0 aliphatic heterocycles. The molecule has 0 spiro atoms. The Balaban J connectivity index is 1.48. The normalized spacial score (nSPS) is 11.8. The number of hydrogen-bond acceptors (Lipinski definition) is 8. The summed E-state index contributed by atoms with van der Waals surface area (Å²) in [5.74, 6) is -0.969. The fraction of sp³-hybridized carbons (Fsp3) is 0.179. The largest absolute Gasteiger partial charge is 0.380 e. The number of halogens is 1. The number of rotatable bonds is 8. The van der Waals surface area contributed by atoms with Crippen molar-refractivity contribution >= 4 is 38.2 Å². The van der Waals surface area contributed by atoms with Gasteiger partial charge in [-0.3, -0.25) is 4.79 Å². The summed E-state index contributed by atoms with van der Waals surface area (Å²) < 4.78 is 46.4. The van der Waals surface area contributed by atoms with Crippen molar-refractivity contribution in [2.75, 3.05) is 37.9 Å². The number of hydrogen-bond donors (Lipinski definition) is 2. The SMILES string of the molecule is CN(C)CCc1cc(C(=O)Nc2ccc(-c3ccccc3S(C)(=O)=O)c(F)c2)n(-c2ccc3onc(N)c3c2)n1. The van der Waals surface area contributed by atoms with Crippen LogP contribution in [-0.2, 0) is 16.3 Å². The van der Waals surface area contributed by atoms with Gasteiger partial charge in [0.25, 0.3) is 5.91 Å². The number of carbonyl (C=O) groups is 1. The lowest BCUT2D eigenvalue weighted by atomic mass is 10.0. The van der Waals surface area contributed by atoms with Gasteiger partial charge in [-0.25, -0.2) is 17.5 Å². The van der Waals surface area contributed by atoms with Crippen LogP contribution in [0.15, 0.2) is 76.1 Å². The number of fused-ring (bicyclic) bond motifs is 1. The number of carbonyl (C=O) groups excluding carboxylic acids is 1. The average molecular weight is 563 g/mol. The standard InChI is InChI=1S/C28H27FN6O4S/c1-34(2)13-12-18-15-24(35(32-18)19-9-11-25-22(16-19)27(30)33-39-25)28(36)31-17-8-10-20(23(29)14-17)21-6-4-5-7-26(21)40(3,37)38/h4-11,14-16H,12-13H2,1-3H3,(H2,30,33)(H,31,36). The highest BCUT2D eigenvalue weighted by Gasteiger charge is 2.20. The molecule has 40 heavy (non-hydrogen) atoms. The zero-order valence-corrected chi connectivity index (χ0v) is 22.9. The number of likely N-dealkylation sites (N-methyl/N-ethyl adjacent to an activating group) is 1. The first kappa shape index (κ1) is 27.0. The number of anilines is 2. The monoisotopic (exact) mass is 562 g/mol. The van der Waals surface area contributed by atoms with Crippen molar-refractivity contribution in [3.8, 4) is 16.8 Å². The molecule has 0 radical (unpaired) electrons. The maximum atomic E-state index is 15.2. The lowest BCUT2D eigenvalue weighted by molar-refractivity contribution is 0.101. The van der Waals surface area contributed by atoms with E-state index in [2.05, 4.69) is 15.6 Å². The minimum atomic E-state index is -3.58. The number of nitrogens with two attached hydrogens (primary N) is 1. The summed E-state index contributed by atoms with van der Waals surface area (Å²) in [7, 11) is 0.306. The van der Waals surface area contributed by atoms with Crippen molar-refractivity contribution in [2.45, 2.75) is 11.3 Å². The summed E-state index contributed by atoms with van der Waals surface area (Å²) in [5, 5.41) is 11.7. The van der Waals surface area contributed by atoms with Crippen molar-refractivity contribution in [3.05, 3.63) is 83.9 Å². The third-order valence-electron chi connectivity index (χ3n) is 6.34. The van der Waals surface area contributed by atoms with Crippen molar-refractivity contribution in [2.24, 2.45) is 0 Å². The minimum Gasteiger partial charge on any atom is -0.380 e. The Labute approximate surface area is 230 Å². The first-order valence-corrected chi connectivity index (χ1v) is 14.2. The second-order valence-electron chi connectivity index (χ2n) is 9.65. The van der Waals surface area contributed by atoms with Crippen LogP contribution in [0.1, 0.15) is 16.2 Å². The second kappa shape index (κ2) is 10.5. The molecule has 1 amide bonds. The Morgan fingerprint density at radius 1 is 1.07 bits per heavy atom. The summed E-state index contributed by atoms with van der Waals surface area (Å²) in [5.41, 5.74) is 8.46. The topological polar surface area (TPSA) is 136 Å². The third kappa shape index (κ3) is 5.44. The van der Waals surface area contributed by atoms with E-state index in [-0.39, 0.29) is 33.2 Å². The number of nitrogens with one attached hydrogen (secondary N) is 1. The number of sulfone groups is 1. The molecule has 3 aromatic carbocycles.